The molecule has 0 spiro atoms. The number of aliphatic hydroxyl groups is 5. The predicted octanol–water partition coefficient (Wildman–Crippen LogP) is -2.41. The van der Waals surface area contributed by atoms with E-state index in [4.69, 9.17) is 9.84 Å². The third kappa shape index (κ3) is 5.37. The molecule has 0 radical (unpaired) electrons. The predicted molar refractivity (Wildman–Crippen MR) is 97.3 cm³/mol. The molecule has 0 saturated carbocycles. The third-order valence-electron chi connectivity index (χ3n) is 4.31. The van der Waals surface area contributed by atoms with Gasteiger partial charge in [0.15, 0.2) is 17.9 Å². The standard InChI is InChI=1S/C16H29N5O6/c1-10(4-22)2-3-17-14-13-15(19-8-18-13)21(9-20-14)16(12(26)7-25)27-11(5-23)6-24/h8,10-12,16,22-26H,2-7,9H2,1H3,(H,17,20)(H,18,19)/t10-,12-,16+/m0/s1. The molecule has 0 amide bonds. The number of hydrogen-bond acceptors (Lipinski definition) is 10. The quantitative estimate of drug-likeness (QED) is 0.219. The zero-order valence-electron chi connectivity index (χ0n) is 15.3. The second-order valence-electron chi connectivity index (χ2n) is 6.49. The van der Waals surface area contributed by atoms with Gasteiger partial charge in [0.05, 0.1) is 26.1 Å². The van der Waals surface area contributed by atoms with Crippen molar-refractivity contribution in [2.45, 2.75) is 31.8 Å². The number of aliphatic imine (C=N–C) groups is 1. The van der Waals surface area contributed by atoms with Gasteiger partial charge in [-0.1, -0.05) is 6.92 Å². The number of nitrogens with zero attached hydrogens (tertiary/aromatic N) is 3. The van der Waals surface area contributed by atoms with Crippen molar-refractivity contribution in [1.82, 2.24) is 15.3 Å². The summed E-state index contributed by atoms with van der Waals surface area (Å²) in [6, 6.07) is 0. The molecule has 154 valence electrons. The summed E-state index contributed by atoms with van der Waals surface area (Å²) >= 11 is 0. The molecule has 1 aliphatic heterocycles. The Labute approximate surface area is 157 Å². The van der Waals surface area contributed by atoms with Gasteiger partial charge in [-0.05, 0) is 12.3 Å². The van der Waals surface area contributed by atoms with Crippen LogP contribution < -0.4 is 10.2 Å². The van der Waals surface area contributed by atoms with Crippen LogP contribution in [0.2, 0.25) is 0 Å². The lowest BCUT2D eigenvalue weighted by atomic mass is 10.1. The largest absolute Gasteiger partial charge is 0.396 e. The Morgan fingerprint density at radius 2 is 1.96 bits per heavy atom. The van der Waals surface area contributed by atoms with Crippen LogP contribution in [-0.2, 0) is 4.74 Å². The molecule has 0 aromatic carbocycles. The summed E-state index contributed by atoms with van der Waals surface area (Å²) in [5, 5.41) is 50.4. The second kappa shape index (κ2) is 10.5. The van der Waals surface area contributed by atoms with Gasteiger partial charge >= 0.3 is 0 Å². The minimum atomic E-state index is -1.29. The number of hydrogen-bond donors (Lipinski definition) is 7. The third-order valence-corrected chi connectivity index (χ3v) is 4.31. The van der Waals surface area contributed by atoms with Crippen molar-refractivity contribution in [3.05, 3.63) is 12.0 Å². The molecule has 2 rings (SSSR count). The molecule has 11 heteroatoms. The van der Waals surface area contributed by atoms with Crippen LogP contribution in [0, 0.1) is 5.92 Å². The Morgan fingerprint density at radius 3 is 2.59 bits per heavy atom. The Morgan fingerprint density at radius 1 is 1.22 bits per heavy atom. The first-order valence-electron chi connectivity index (χ1n) is 8.91. The molecule has 0 saturated heterocycles. The monoisotopic (exact) mass is 387 g/mol. The number of ether oxygens (including phenoxy) is 1. The highest BCUT2D eigenvalue weighted by Gasteiger charge is 2.34. The molecule has 0 aliphatic carbocycles. The summed E-state index contributed by atoms with van der Waals surface area (Å²) in [4.78, 5) is 13.2. The van der Waals surface area contributed by atoms with Crippen LogP contribution in [0.25, 0.3) is 0 Å². The molecule has 1 aliphatic rings. The van der Waals surface area contributed by atoms with E-state index in [0.717, 1.165) is 6.42 Å². The molecule has 0 unspecified atom stereocenters. The number of imidazole rings is 1. The lowest BCUT2D eigenvalue weighted by molar-refractivity contribution is -0.116. The van der Waals surface area contributed by atoms with Crippen LogP contribution in [0.15, 0.2) is 11.3 Å². The van der Waals surface area contributed by atoms with Gasteiger partial charge in [-0.15, -0.1) is 0 Å². The molecular weight excluding hydrogens is 358 g/mol. The Balaban J connectivity index is 2.14. The molecule has 3 atom stereocenters. The molecule has 1 aromatic rings. The van der Waals surface area contributed by atoms with Gasteiger partial charge in [0.2, 0.25) is 0 Å². The summed E-state index contributed by atoms with van der Waals surface area (Å²) in [7, 11) is 0. The maximum atomic E-state index is 10.2. The number of amidine groups is 1. The van der Waals surface area contributed by atoms with E-state index < -0.39 is 38.3 Å². The molecular formula is C16H29N5O6. The number of aliphatic hydroxyl groups excluding tert-OH is 5. The van der Waals surface area contributed by atoms with E-state index in [9.17, 15) is 20.4 Å². The van der Waals surface area contributed by atoms with Gasteiger partial charge in [0.1, 0.15) is 24.6 Å². The number of aromatic nitrogens is 2. The Bertz CT molecular complexity index is 594. The average molecular weight is 387 g/mol. The molecule has 2 heterocycles. The number of rotatable bonds is 11. The Kier molecular flexibility index (Phi) is 8.41. The van der Waals surface area contributed by atoms with Gasteiger partial charge in [0, 0.05) is 13.2 Å². The molecule has 1 aromatic heterocycles. The summed E-state index contributed by atoms with van der Waals surface area (Å²) in [5.74, 6) is 1.24. The minimum Gasteiger partial charge on any atom is -0.396 e. The molecule has 7 N–H and O–H groups in total. The van der Waals surface area contributed by atoms with Crippen molar-refractivity contribution < 1.29 is 30.3 Å². The van der Waals surface area contributed by atoms with Crippen LogP contribution in [0.1, 0.15) is 19.0 Å². The maximum Gasteiger partial charge on any atom is 0.161 e. The Hall–Kier alpha value is -1.76. The first-order chi connectivity index (χ1) is 13.0. The van der Waals surface area contributed by atoms with Crippen molar-refractivity contribution in [2.75, 3.05) is 44.5 Å². The number of aromatic amines is 1. The van der Waals surface area contributed by atoms with E-state index in [1.54, 1.807) is 4.90 Å². The zero-order chi connectivity index (χ0) is 19.8. The van der Waals surface area contributed by atoms with E-state index in [2.05, 4.69) is 20.3 Å². The van der Waals surface area contributed by atoms with Crippen LogP contribution >= 0.6 is 0 Å². The van der Waals surface area contributed by atoms with E-state index in [-0.39, 0.29) is 19.2 Å². The van der Waals surface area contributed by atoms with Gasteiger partial charge in [-0.3, -0.25) is 0 Å². The highest BCUT2D eigenvalue weighted by Crippen LogP contribution is 2.25. The normalized spacial score (nSPS) is 17.4. The van der Waals surface area contributed by atoms with Crippen LogP contribution in [-0.4, -0.2) is 99.4 Å². The summed E-state index contributed by atoms with van der Waals surface area (Å²) in [6.07, 6.45) is -1.01. The summed E-state index contributed by atoms with van der Waals surface area (Å²) < 4.78 is 5.57. The summed E-state index contributed by atoms with van der Waals surface area (Å²) in [6.45, 7) is 1.34. The average Bonchev–Trinajstić information content (AvgIpc) is 3.19. The fourth-order valence-corrected chi connectivity index (χ4v) is 2.65. The number of nitrogens with one attached hydrogen (secondary N) is 2. The topological polar surface area (TPSA) is 167 Å². The number of fused-ring (bicyclic) bond motifs is 1. The molecule has 27 heavy (non-hydrogen) atoms. The second-order valence-corrected chi connectivity index (χ2v) is 6.49. The maximum absolute atomic E-state index is 10.2. The van der Waals surface area contributed by atoms with Gasteiger partial charge in [-0.2, -0.15) is 0 Å². The molecule has 0 fully saturated rings. The number of anilines is 1. The van der Waals surface area contributed by atoms with E-state index in [1.165, 1.54) is 6.33 Å². The fraction of sp³-hybridized carbons (Fsp3) is 0.750. The van der Waals surface area contributed by atoms with E-state index in [0.29, 0.717) is 23.9 Å². The zero-order valence-corrected chi connectivity index (χ0v) is 15.3. The SMILES string of the molecule is C[C@H](CO)CCNC1=NCN([C@H](OC(CO)CO)[C@@H](O)CO)c2nc[nH]c21. The smallest absolute Gasteiger partial charge is 0.161 e. The molecule has 11 nitrogen and oxygen atoms in total. The highest BCUT2D eigenvalue weighted by atomic mass is 16.5. The van der Waals surface area contributed by atoms with Crippen LogP contribution in [0.4, 0.5) is 5.82 Å². The van der Waals surface area contributed by atoms with Crippen molar-refractivity contribution in [2.24, 2.45) is 10.9 Å². The summed E-state index contributed by atoms with van der Waals surface area (Å²) in [5.41, 5.74) is 0.598. The minimum absolute atomic E-state index is 0.0983. The van der Waals surface area contributed by atoms with E-state index >= 15 is 0 Å². The van der Waals surface area contributed by atoms with Crippen LogP contribution in [0.5, 0.6) is 0 Å². The first-order valence-corrected chi connectivity index (χ1v) is 8.91. The lowest BCUT2D eigenvalue weighted by Crippen LogP contribution is -2.52. The van der Waals surface area contributed by atoms with Crippen molar-refractivity contribution in [1.29, 1.82) is 0 Å². The van der Waals surface area contributed by atoms with Gasteiger partial charge < -0.3 is 45.5 Å². The van der Waals surface area contributed by atoms with Gasteiger partial charge in [-0.25, -0.2) is 9.98 Å². The molecule has 0 bridgehead atoms. The lowest BCUT2D eigenvalue weighted by Gasteiger charge is -2.37. The van der Waals surface area contributed by atoms with Gasteiger partial charge in [0.25, 0.3) is 0 Å². The van der Waals surface area contributed by atoms with Crippen LogP contribution in [0.3, 0.4) is 0 Å². The first kappa shape index (κ1) is 21.5. The fourth-order valence-electron chi connectivity index (χ4n) is 2.65. The highest BCUT2D eigenvalue weighted by molar-refractivity contribution is 6.02. The van der Waals surface area contributed by atoms with Crippen molar-refractivity contribution in [3.63, 3.8) is 0 Å². The number of H-pyrrole nitrogens is 1. The van der Waals surface area contributed by atoms with Crippen molar-refractivity contribution >= 4 is 11.7 Å². The van der Waals surface area contributed by atoms with E-state index in [1.807, 2.05) is 6.92 Å². The van der Waals surface area contributed by atoms with Crippen molar-refractivity contribution in [3.8, 4) is 0 Å².